The van der Waals surface area contributed by atoms with Crippen LogP contribution in [0.1, 0.15) is 35.1 Å². The molecule has 3 unspecified atom stereocenters. The Labute approximate surface area is 194 Å². The summed E-state index contributed by atoms with van der Waals surface area (Å²) in [4.78, 5) is 0. The number of ether oxygens (including phenoxy) is 4. The fourth-order valence-electron chi connectivity index (χ4n) is 5.01. The number of methoxy groups -OCH3 is 3. The first kappa shape index (κ1) is 21.3. The summed E-state index contributed by atoms with van der Waals surface area (Å²) < 4.78 is 22.8. The predicted molar refractivity (Wildman–Crippen MR) is 130 cm³/mol. The number of benzene rings is 3. The van der Waals surface area contributed by atoms with E-state index in [-0.39, 0.29) is 6.04 Å². The van der Waals surface area contributed by atoms with E-state index in [9.17, 15) is 0 Å². The molecule has 0 bridgehead atoms. The van der Waals surface area contributed by atoms with Gasteiger partial charge in [0.15, 0.2) is 11.5 Å². The lowest BCUT2D eigenvalue weighted by Gasteiger charge is -2.38. The van der Waals surface area contributed by atoms with Crippen LogP contribution in [0.4, 0.5) is 5.69 Å². The molecule has 0 aromatic heterocycles. The van der Waals surface area contributed by atoms with Crippen LogP contribution in [0.2, 0.25) is 0 Å². The molecule has 3 aromatic rings. The van der Waals surface area contributed by atoms with E-state index in [0.29, 0.717) is 35.7 Å². The first-order valence-electron chi connectivity index (χ1n) is 11.3. The Bertz CT molecular complexity index is 1130. The molecule has 1 heterocycles. The average molecular weight is 444 g/mol. The standard InChI is InChI=1S/C28H29NO4/c1-30-25-14-19(15-26(31-2)28(25)32-3)27-22-11-7-10-21(22)23-16-20(12-13-24(23)29-27)33-17-18-8-5-4-6-9-18/h4-10,12-16,21-22,27,29H,11,17H2,1-3H3. The minimum atomic E-state index is 0.127. The molecule has 1 aliphatic carbocycles. The van der Waals surface area contributed by atoms with Crippen molar-refractivity contribution in [3.8, 4) is 23.0 Å². The molecule has 5 rings (SSSR count). The lowest BCUT2D eigenvalue weighted by Crippen LogP contribution is -2.29. The second-order valence-corrected chi connectivity index (χ2v) is 8.46. The second kappa shape index (κ2) is 9.10. The highest BCUT2D eigenvalue weighted by molar-refractivity contribution is 5.63. The third-order valence-electron chi connectivity index (χ3n) is 6.63. The number of hydrogen-bond donors (Lipinski definition) is 1. The van der Waals surface area contributed by atoms with Crippen molar-refractivity contribution in [2.75, 3.05) is 26.6 Å². The van der Waals surface area contributed by atoms with Gasteiger partial charge in [-0.05, 0) is 59.4 Å². The number of nitrogens with one attached hydrogen (secondary N) is 1. The van der Waals surface area contributed by atoms with Crippen LogP contribution in [-0.2, 0) is 6.61 Å². The first-order chi connectivity index (χ1) is 16.2. The molecule has 0 fully saturated rings. The van der Waals surface area contributed by atoms with Gasteiger partial charge in [0.2, 0.25) is 5.75 Å². The summed E-state index contributed by atoms with van der Waals surface area (Å²) in [5.74, 6) is 3.57. The van der Waals surface area contributed by atoms with Crippen LogP contribution in [0.25, 0.3) is 0 Å². The molecule has 170 valence electrons. The minimum absolute atomic E-state index is 0.127. The second-order valence-electron chi connectivity index (χ2n) is 8.46. The van der Waals surface area contributed by atoms with Gasteiger partial charge in [-0.2, -0.15) is 0 Å². The van der Waals surface area contributed by atoms with Gasteiger partial charge in [0, 0.05) is 11.6 Å². The lowest BCUT2D eigenvalue weighted by atomic mass is 9.77. The van der Waals surface area contributed by atoms with Gasteiger partial charge in [-0.15, -0.1) is 0 Å². The summed E-state index contributed by atoms with van der Waals surface area (Å²) in [6.07, 6.45) is 5.62. The Kier molecular flexibility index (Phi) is 5.86. The van der Waals surface area contributed by atoms with Crippen LogP contribution in [0.5, 0.6) is 23.0 Å². The van der Waals surface area contributed by atoms with Gasteiger partial charge < -0.3 is 24.3 Å². The van der Waals surface area contributed by atoms with E-state index in [0.717, 1.165) is 29.0 Å². The molecule has 0 radical (unpaired) electrons. The van der Waals surface area contributed by atoms with Crippen LogP contribution in [-0.4, -0.2) is 21.3 Å². The lowest BCUT2D eigenvalue weighted by molar-refractivity contribution is 0.305. The van der Waals surface area contributed by atoms with E-state index < -0.39 is 0 Å². The van der Waals surface area contributed by atoms with Crippen molar-refractivity contribution in [3.63, 3.8) is 0 Å². The van der Waals surface area contributed by atoms with E-state index in [1.807, 2.05) is 24.3 Å². The molecule has 0 amide bonds. The van der Waals surface area contributed by atoms with Gasteiger partial charge in [0.05, 0.1) is 27.4 Å². The molecule has 1 N–H and O–H groups in total. The SMILES string of the molecule is COc1cc(C2Nc3ccc(OCc4ccccc4)cc3C3C=CCC32)cc(OC)c1OC. The fraction of sp³-hybridized carbons (Fsp3) is 0.286. The summed E-state index contributed by atoms with van der Waals surface area (Å²) in [5.41, 5.74) is 4.70. The summed E-state index contributed by atoms with van der Waals surface area (Å²) in [5, 5.41) is 3.78. The average Bonchev–Trinajstić information content (AvgIpc) is 3.37. The predicted octanol–water partition coefficient (Wildman–Crippen LogP) is 6.12. The van der Waals surface area contributed by atoms with Crippen molar-refractivity contribution in [1.29, 1.82) is 0 Å². The van der Waals surface area contributed by atoms with Gasteiger partial charge in [0.25, 0.3) is 0 Å². The Hall–Kier alpha value is -3.60. The van der Waals surface area contributed by atoms with E-state index >= 15 is 0 Å². The van der Waals surface area contributed by atoms with Crippen LogP contribution in [0, 0.1) is 5.92 Å². The molecule has 33 heavy (non-hydrogen) atoms. The maximum absolute atomic E-state index is 6.11. The van der Waals surface area contributed by atoms with Crippen LogP contribution in [0.3, 0.4) is 0 Å². The normalized spacial score (nSPS) is 20.4. The largest absolute Gasteiger partial charge is 0.493 e. The highest BCUT2D eigenvalue weighted by Crippen LogP contribution is 2.52. The summed E-state index contributed by atoms with van der Waals surface area (Å²) in [7, 11) is 4.94. The molecule has 5 heteroatoms. The number of allylic oxidation sites excluding steroid dienone is 2. The molecule has 3 aromatic carbocycles. The van der Waals surface area contributed by atoms with Crippen molar-refractivity contribution >= 4 is 5.69 Å². The highest BCUT2D eigenvalue weighted by Gasteiger charge is 2.38. The maximum Gasteiger partial charge on any atom is 0.203 e. The molecule has 2 aliphatic rings. The van der Waals surface area contributed by atoms with Gasteiger partial charge in [-0.25, -0.2) is 0 Å². The Balaban J connectivity index is 1.45. The number of fused-ring (bicyclic) bond motifs is 3. The Morgan fingerprint density at radius 1 is 0.879 bits per heavy atom. The number of rotatable bonds is 7. The molecule has 5 nitrogen and oxygen atoms in total. The third kappa shape index (κ3) is 3.99. The van der Waals surface area contributed by atoms with Crippen LogP contribution < -0.4 is 24.3 Å². The van der Waals surface area contributed by atoms with Crippen molar-refractivity contribution in [3.05, 3.63) is 89.5 Å². The molecular formula is C28H29NO4. The van der Waals surface area contributed by atoms with Gasteiger partial charge in [0.1, 0.15) is 12.4 Å². The number of anilines is 1. The third-order valence-corrected chi connectivity index (χ3v) is 6.63. The number of hydrogen-bond acceptors (Lipinski definition) is 5. The van der Waals surface area contributed by atoms with E-state index in [4.69, 9.17) is 18.9 Å². The molecule has 3 atom stereocenters. The van der Waals surface area contributed by atoms with E-state index in [2.05, 4.69) is 53.9 Å². The highest BCUT2D eigenvalue weighted by atomic mass is 16.5. The zero-order chi connectivity index (χ0) is 22.8. The minimum Gasteiger partial charge on any atom is -0.493 e. The Morgan fingerprint density at radius 3 is 2.33 bits per heavy atom. The van der Waals surface area contributed by atoms with Gasteiger partial charge >= 0.3 is 0 Å². The molecule has 0 spiro atoms. The van der Waals surface area contributed by atoms with Crippen LogP contribution in [0.15, 0.2) is 72.8 Å². The van der Waals surface area contributed by atoms with Crippen molar-refractivity contribution in [2.45, 2.75) is 25.0 Å². The summed E-state index contributed by atoms with van der Waals surface area (Å²) in [6, 6.07) is 20.8. The monoisotopic (exact) mass is 443 g/mol. The van der Waals surface area contributed by atoms with Crippen LogP contribution >= 0.6 is 0 Å². The van der Waals surface area contributed by atoms with E-state index in [1.54, 1.807) is 21.3 Å². The quantitative estimate of drug-likeness (QED) is 0.446. The fourth-order valence-corrected chi connectivity index (χ4v) is 5.01. The zero-order valence-corrected chi connectivity index (χ0v) is 19.2. The molecule has 1 aliphatic heterocycles. The van der Waals surface area contributed by atoms with Crippen molar-refractivity contribution < 1.29 is 18.9 Å². The first-order valence-corrected chi connectivity index (χ1v) is 11.3. The molecular weight excluding hydrogens is 414 g/mol. The summed E-state index contributed by atoms with van der Waals surface area (Å²) in [6.45, 7) is 0.561. The topological polar surface area (TPSA) is 49.0 Å². The smallest absolute Gasteiger partial charge is 0.203 e. The van der Waals surface area contributed by atoms with E-state index in [1.165, 1.54) is 5.56 Å². The molecule has 0 saturated carbocycles. The van der Waals surface area contributed by atoms with Gasteiger partial charge in [-0.3, -0.25) is 0 Å². The van der Waals surface area contributed by atoms with Gasteiger partial charge in [-0.1, -0.05) is 42.5 Å². The van der Waals surface area contributed by atoms with Crippen molar-refractivity contribution in [1.82, 2.24) is 0 Å². The van der Waals surface area contributed by atoms with Crippen molar-refractivity contribution in [2.24, 2.45) is 5.92 Å². The molecule has 0 saturated heterocycles. The maximum atomic E-state index is 6.11. The zero-order valence-electron chi connectivity index (χ0n) is 19.2. The summed E-state index contributed by atoms with van der Waals surface area (Å²) >= 11 is 0. The Morgan fingerprint density at radius 2 is 1.64 bits per heavy atom.